The molecule has 2 aromatic carbocycles. The summed E-state index contributed by atoms with van der Waals surface area (Å²) < 4.78 is 1.79. The number of aromatic nitrogens is 4. The number of aliphatic imine (C=N–C) groups is 1. The lowest BCUT2D eigenvalue weighted by Gasteiger charge is -2.03. The average molecular weight is 343 g/mol. The van der Waals surface area contributed by atoms with Crippen LogP contribution in [0.2, 0.25) is 0 Å². The maximum Gasteiger partial charge on any atom is 0.217 e. The third-order valence-corrected chi connectivity index (χ3v) is 5.03. The number of hydrogen-bond acceptors (Lipinski definition) is 5. The summed E-state index contributed by atoms with van der Waals surface area (Å²) in [6.07, 6.45) is 3.92. The lowest BCUT2D eigenvalue weighted by Crippen LogP contribution is -1.98. The number of allylic oxidation sites excluding steroid dienone is 1. The second kappa shape index (κ2) is 5.82. The van der Waals surface area contributed by atoms with Crippen LogP contribution in [0.5, 0.6) is 0 Å². The molecule has 0 saturated heterocycles. The third kappa shape index (κ3) is 2.60. The Bertz CT molecular complexity index is 1160. The van der Waals surface area contributed by atoms with Crippen LogP contribution in [0.4, 0.5) is 0 Å². The van der Waals surface area contributed by atoms with Crippen LogP contribution in [0.25, 0.3) is 22.0 Å². The van der Waals surface area contributed by atoms with Crippen molar-refractivity contribution in [3.8, 4) is 0 Å². The molecule has 0 unspecified atom stereocenters. The van der Waals surface area contributed by atoms with Gasteiger partial charge in [-0.25, -0.2) is 0 Å². The first-order valence-corrected chi connectivity index (χ1v) is 8.78. The van der Waals surface area contributed by atoms with Gasteiger partial charge in [-0.2, -0.15) is 9.61 Å². The van der Waals surface area contributed by atoms with Crippen LogP contribution in [0.1, 0.15) is 5.69 Å². The van der Waals surface area contributed by atoms with Crippen molar-refractivity contribution in [2.75, 3.05) is 6.54 Å². The highest BCUT2D eigenvalue weighted by atomic mass is 32.2. The normalized spacial score (nSPS) is 13.7. The zero-order chi connectivity index (χ0) is 16.6. The molecule has 25 heavy (non-hydrogen) atoms. The number of hydrogen-bond donors (Lipinski definition) is 0. The van der Waals surface area contributed by atoms with E-state index in [2.05, 4.69) is 56.7 Å². The minimum atomic E-state index is 0.718. The molecule has 0 aliphatic carbocycles. The molecule has 6 heteroatoms. The van der Waals surface area contributed by atoms with E-state index in [9.17, 15) is 0 Å². The molecule has 0 spiro atoms. The maximum atomic E-state index is 4.69. The lowest BCUT2D eigenvalue weighted by atomic mass is 10.1. The first-order chi connectivity index (χ1) is 12.4. The average Bonchev–Trinajstić information content (AvgIpc) is 3.32. The quantitative estimate of drug-likeness (QED) is 0.566. The van der Waals surface area contributed by atoms with Crippen molar-refractivity contribution in [2.45, 2.75) is 10.1 Å². The van der Waals surface area contributed by atoms with E-state index in [-0.39, 0.29) is 0 Å². The minimum absolute atomic E-state index is 0.718. The molecule has 5 rings (SSSR count). The monoisotopic (exact) mass is 343 g/mol. The molecule has 120 valence electrons. The Labute approximate surface area is 148 Å². The number of nitrogens with zero attached hydrogens (tertiary/aromatic N) is 5. The summed E-state index contributed by atoms with van der Waals surface area (Å²) >= 11 is 1.56. The maximum absolute atomic E-state index is 4.69. The van der Waals surface area contributed by atoms with E-state index in [4.69, 9.17) is 0 Å². The summed E-state index contributed by atoms with van der Waals surface area (Å²) in [5, 5.41) is 16.4. The van der Waals surface area contributed by atoms with Gasteiger partial charge in [0.15, 0.2) is 5.65 Å². The third-order valence-electron chi connectivity index (χ3n) is 4.11. The van der Waals surface area contributed by atoms with Crippen molar-refractivity contribution < 1.29 is 0 Å². The molecule has 0 N–H and O–H groups in total. The smallest absolute Gasteiger partial charge is 0.217 e. The minimum Gasteiger partial charge on any atom is -0.288 e. The lowest BCUT2D eigenvalue weighted by molar-refractivity contribution is 0.803. The molecule has 1 aliphatic rings. The van der Waals surface area contributed by atoms with E-state index < -0.39 is 0 Å². The first kappa shape index (κ1) is 14.4. The van der Waals surface area contributed by atoms with Crippen LogP contribution in [-0.2, 0) is 0 Å². The summed E-state index contributed by atoms with van der Waals surface area (Å²) in [5.74, 6) is 0. The SMILES string of the molecule is C1=NCC=C1c1ccc2nnc(Sc3ccc4ccccc4c3)n2n1. The van der Waals surface area contributed by atoms with Gasteiger partial charge in [0.05, 0.1) is 12.2 Å². The summed E-state index contributed by atoms with van der Waals surface area (Å²) in [5.41, 5.74) is 2.66. The van der Waals surface area contributed by atoms with Crippen LogP contribution in [0.3, 0.4) is 0 Å². The summed E-state index contributed by atoms with van der Waals surface area (Å²) in [6.45, 7) is 0.718. The second-order valence-electron chi connectivity index (χ2n) is 5.74. The van der Waals surface area contributed by atoms with Crippen molar-refractivity contribution in [1.82, 2.24) is 19.8 Å². The fourth-order valence-electron chi connectivity index (χ4n) is 2.85. The van der Waals surface area contributed by atoms with Gasteiger partial charge in [-0.1, -0.05) is 36.4 Å². The molecule has 0 radical (unpaired) electrons. The predicted molar refractivity (Wildman–Crippen MR) is 100 cm³/mol. The van der Waals surface area contributed by atoms with Gasteiger partial charge in [-0.05, 0) is 46.8 Å². The van der Waals surface area contributed by atoms with Gasteiger partial charge in [-0.3, -0.25) is 4.99 Å². The van der Waals surface area contributed by atoms with E-state index >= 15 is 0 Å². The van der Waals surface area contributed by atoms with Crippen LogP contribution < -0.4 is 0 Å². The summed E-state index contributed by atoms with van der Waals surface area (Å²) in [7, 11) is 0. The standard InChI is InChI=1S/C19H13N5S/c1-2-4-14-11-16(6-5-13(14)3-1)25-19-22-21-18-8-7-17(23-24(18)19)15-9-10-20-12-15/h1-9,11-12H,10H2. The van der Waals surface area contributed by atoms with Crippen molar-refractivity contribution in [2.24, 2.45) is 4.99 Å². The molecule has 0 amide bonds. The van der Waals surface area contributed by atoms with E-state index in [1.54, 1.807) is 16.3 Å². The Balaban J connectivity index is 1.55. The highest BCUT2D eigenvalue weighted by Gasteiger charge is 2.12. The molecule has 4 aromatic rings. The van der Waals surface area contributed by atoms with Crippen LogP contribution in [0.15, 0.2) is 75.7 Å². The van der Waals surface area contributed by atoms with Crippen molar-refractivity contribution in [3.05, 3.63) is 66.4 Å². The second-order valence-corrected chi connectivity index (χ2v) is 6.78. The van der Waals surface area contributed by atoms with E-state index in [1.165, 1.54) is 10.8 Å². The number of benzene rings is 2. The predicted octanol–water partition coefficient (Wildman–Crippen LogP) is 3.90. The Morgan fingerprint density at radius 3 is 2.72 bits per heavy atom. The van der Waals surface area contributed by atoms with Crippen LogP contribution >= 0.6 is 11.8 Å². The van der Waals surface area contributed by atoms with Crippen molar-refractivity contribution >= 4 is 40.0 Å². The molecule has 5 nitrogen and oxygen atoms in total. The summed E-state index contributed by atoms with van der Waals surface area (Å²) in [4.78, 5) is 5.34. The van der Waals surface area contributed by atoms with Crippen molar-refractivity contribution in [1.29, 1.82) is 0 Å². The van der Waals surface area contributed by atoms with Gasteiger partial charge >= 0.3 is 0 Å². The molecule has 0 saturated carbocycles. The van der Waals surface area contributed by atoms with Crippen molar-refractivity contribution in [3.63, 3.8) is 0 Å². The highest BCUT2D eigenvalue weighted by molar-refractivity contribution is 7.99. The fraction of sp³-hybridized carbons (Fsp3) is 0.0526. The number of rotatable bonds is 3. The molecule has 3 heterocycles. The van der Waals surface area contributed by atoms with Gasteiger partial charge in [0.25, 0.3) is 0 Å². The Morgan fingerprint density at radius 1 is 0.920 bits per heavy atom. The zero-order valence-corrected chi connectivity index (χ0v) is 14.0. The molecular weight excluding hydrogens is 330 g/mol. The van der Waals surface area contributed by atoms with Gasteiger partial charge < -0.3 is 0 Å². The van der Waals surface area contributed by atoms with Gasteiger partial charge in [0, 0.05) is 16.7 Å². The summed E-state index contributed by atoms with van der Waals surface area (Å²) in [6, 6.07) is 18.6. The largest absolute Gasteiger partial charge is 0.288 e. The Hall–Kier alpha value is -2.99. The van der Waals surface area contributed by atoms with Gasteiger partial charge in [0.1, 0.15) is 0 Å². The topological polar surface area (TPSA) is 55.4 Å². The van der Waals surface area contributed by atoms with Crippen LogP contribution in [0, 0.1) is 0 Å². The van der Waals surface area contributed by atoms with Crippen LogP contribution in [-0.4, -0.2) is 32.6 Å². The molecule has 0 atom stereocenters. The molecular formula is C19H13N5S. The van der Waals surface area contributed by atoms with Gasteiger partial charge in [-0.15, -0.1) is 10.2 Å². The fourth-order valence-corrected chi connectivity index (χ4v) is 3.68. The molecule has 2 aromatic heterocycles. The first-order valence-electron chi connectivity index (χ1n) is 7.96. The van der Waals surface area contributed by atoms with E-state index in [0.717, 1.165) is 33.5 Å². The van der Waals surface area contributed by atoms with Gasteiger partial charge in [0.2, 0.25) is 5.16 Å². The zero-order valence-electron chi connectivity index (χ0n) is 13.2. The van der Waals surface area contributed by atoms with E-state index in [0.29, 0.717) is 0 Å². The van der Waals surface area contributed by atoms with E-state index in [1.807, 2.05) is 30.5 Å². The molecule has 1 aliphatic heterocycles. The molecule has 0 bridgehead atoms. The Morgan fingerprint density at radius 2 is 1.84 bits per heavy atom. The Kier molecular flexibility index (Phi) is 3.34. The number of fused-ring (bicyclic) bond motifs is 2. The highest BCUT2D eigenvalue weighted by Crippen LogP contribution is 2.29. The molecule has 0 fully saturated rings.